The van der Waals surface area contributed by atoms with Crippen LogP contribution in [0.1, 0.15) is 13.8 Å². The van der Waals surface area contributed by atoms with Gasteiger partial charge >= 0.3 is 0 Å². The highest BCUT2D eigenvalue weighted by Gasteiger charge is 2.21. The highest BCUT2D eigenvalue weighted by molar-refractivity contribution is 7.91. The van der Waals surface area contributed by atoms with Crippen LogP contribution in [0.5, 0.6) is 0 Å². The molecule has 102 valence electrons. The summed E-state index contributed by atoms with van der Waals surface area (Å²) in [7, 11) is -2.83. The van der Waals surface area contributed by atoms with Gasteiger partial charge < -0.3 is 5.73 Å². The lowest BCUT2D eigenvalue weighted by molar-refractivity contribution is 0.109. The van der Waals surface area contributed by atoms with Crippen molar-refractivity contribution in [1.29, 1.82) is 0 Å². The topological polar surface area (TPSA) is 66.6 Å². The standard InChI is InChI=1S/C11H25N3O2S/c1-3-17(15,16)9-8-13-4-6-14(7-5-13)11(2)10-12/h11H,3-10,12H2,1-2H3. The minimum Gasteiger partial charge on any atom is -0.329 e. The van der Waals surface area contributed by atoms with Crippen LogP contribution in [0.15, 0.2) is 0 Å². The van der Waals surface area contributed by atoms with Gasteiger partial charge in [-0.25, -0.2) is 8.42 Å². The molecule has 1 aliphatic heterocycles. The summed E-state index contributed by atoms with van der Waals surface area (Å²) in [4.78, 5) is 4.60. The average Bonchev–Trinajstić information content (AvgIpc) is 2.36. The SMILES string of the molecule is CCS(=O)(=O)CCN1CCN(C(C)CN)CC1. The fourth-order valence-corrected chi connectivity index (χ4v) is 2.81. The first-order chi connectivity index (χ1) is 7.98. The third-order valence-electron chi connectivity index (χ3n) is 3.53. The second-order valence-corrected chi connectivity index (χ2v) is 7.17. The number of hydrogen-bond donors (Lipinski definition) is 1. The van der Waals surface area contributed by atoms with Crippen LogP contribution in [0, 0.1) is 0 Å². The molecular weight excluding hydrogens is 238 g/mol. The molecule has 1 atom stereocenters. The molecule has 17 heavy (non-hydrogen) atoms. The van der Waals surface area contributed by atoms with Crippen LogP contribution in [0.2, 0.25) is 0 Å². The molecule has 5 nitrogen and oxygen atoms in total. The van der Waals surface area contributed by atoms with Crippen molar-refractivity contribution in [2.24, 2.45) is 5.73 Å². The molecule has 0 amide bonds. The van der Waals surface area contributed by atoms with Gasteiger partial charge in [0.15, 0.2) is 9.84 Å². The maximum absolute atomic E-state index is 11.4. The van der Waals surface area contributed by atoms with E-state index >= 15 is 0 Å². The zero-order chi connectivity index (χ0) is 12.9. The molecule has 0 radical (unpaired) electrons. The lowest BCUT2D eigenvalue weighted by Gasteiger charge is -2.37. The quantitative estimate of drug-likeness (QED) is 0.692. The van der Waals surface area contributed by atoms with Crippen LogP contribution in [-0.4, -0.2) is 75.0 Å². The van der Waals surface area contributed by atoms with Gasteiger partial charge in [-0.05, 0) is 6.92 Å². The predicted octanol–water partition coefficient (Wildman–Crippen LogP) is -0.614. The third-order valence-corrected chi connectivity index (χ3v) is 5.21. The zero-order valence-corrected chi connectivity index (χ0v) is 11.7. The van der Waals surface area contributed by atoms with E-state index in [1.54, 1.807) is 6.92 Å². The summed E-state index contributed by atoms with van der Waals surface area (Å²) in [5.41, 5.74) is 5.64. The molecule has 0 aromatic rings. The number of sulfone groups is 1. The number of hydrogen-bond acceptors (Lipinski definition) is 5. The molecule has 1 heterocycles. The second kappa shape index (κ2) is 6.68. The first-order valence-corrected chi connectivity index (χ1v) is 8.17. The maximum atomic E-state index is 11.4. The van der Waals surface area contributed by atoms with Crippen LogP contribution < -0.4 is 5.73 Å². The largest absolute Gasteiger partial charge is 0.329 e. The second-order valence-electron chi connectivity index (χ2n) is 4.70. The van der Waals surface area contributed by atoms with Crippen molar-refractivity contribution in [1.82, 2.24) is 9.80 Å². The van der Waals surface area contributed by atoms with Crippen molar-refractivity contribution >= 4 is 9.84 Å². The fourth-order valence-electron chi connectivity index (χ4n) is 1.99. The summed E-state index contributed by atoms with van der Waals surface area (Å²) in [5, 5.41) is 0. The summed E-state index contributed by atoms with van der Waals surface area (Å²) in [6.07, 6.45) is 0. The minimum absolute atomic E-state index is 0.247. The molecule has 1 saturated heterocycles. The van der Waals surface area contributed by atoms with Crippen molar-refractivity contribution in [3.8, 4) is 0 Å². The van der Waals surface area contributed by atoms with Gasteiger partial charge in [-0.1, -0.05) is 6.92 Å². The van der Waals surface area contributed by atoms with Gasteiger partial charge in [0.05, 0.1) is 5.75 Å². The number of piperazine rings is 1. The summed E-state index contributed by atoms with van der Waals surface area (Å²) in [6, 6.07) is 0.427. The summed E-state index contributed by atoms with van der Waals surface area (Å²) in [6.45, 7) is 9.07. The van der Waals surface area contributed by atoms with E-state index < -0.39 is 9.84 Å². The predicted molar refractivity (Wildman–Crippen MR) is 70.9 cm³/mol. The Morgan fingerprint density at radius 2 is 1.82 bits per heavy atom. The molecule has 6 heteroatoms. The van der Waals surface area contributed by atoms with Crippen LogP contribution in [0.25, 0.3) is 0 Å². The Morgan fingerprint density at radius 3 is 2.29 bits per heavy atom. The Kier molecular flexibility index (Phi) is 5.85. The number of nitrogens with zero attached hydrogens (tertiary/aromatic N) is 2. The van der Waals surface area contributed by atoms with Gasteiger partial charge in [0, 0.05) is 51.1 Å². The van der Waals surface area contributed by atoms with Crippen LogP contribution in [0.3, 0.4) is 0 Å². The van der Waals surface area contributed by atoms with E-state index in [1.807, 2.05) is 0 Å². The van der Waals surface area contributed by atoms with Gasteiger partial charge in [-0.2, -0.15) is 0 Å². The molecular formula is C11H25N3O2S. The molecule has 2 N–H and O–H groups in total. The first kappa shape index (κ1) is 14.9. The Morgan fingerprint density at radius 1 is 1.24 bits per heavy atom. The van der Waals surface area contributed by atoms with E-state index in [0.717, 1.165) is 26.2 Å². The number of rotatable bonds is 6. The van der Waals surface area contributed by atoms with Gasteiger partial charge in [0.2, 0.25) is 0 Å². The molecule has 0 saturated carbocycles. The zero-order valence-electron chi connectivity index (χ0n) is 10.9. The Balaban J connectivity index is 2.28. The van der Waals surface area contributed by atoms with Crippen LogP contribution >= 0.6 is 0 Å². The minimum atomic E-state index is -2.83. The van der Waals surface area contributed by atoms with E-state index in [9.17, 15) is 8.42 Å². The molecule has 1 unspecified atom stereocenters. The molecule has 0 bridgehead atoms. The summed E-state index contributed by atoms with van der Waals surface area (Å²) < 4.78 is 22.8. The first-order valence-electron chi connectivity index (χ1n) is 6.35. The monoisotopic (exact) mass is 263 g/mol. The summed E-state index contributed by atoms with van der Waals surface area (Å²) >= 11 is 0. The van der Waals surface area contributed by atoms with Gasteiger partial charge in [-0.15, -0.1) is 0 Å². The van der Waals surface area contributed by atoms with E-state index in [-0.39, 0.29) is 11.5 Å². The highest BCUT2D eigenvalue weighted by atomic mass is 32.2. The van der Waals surface area contributed by atoms with Crippen LogP contribution in [0.4, 0.5) is 0 Å². The molecule has 0 aliphatic carbocycles. The van der Waals surface area contributed by atoms with Gasteiger partial charge in [0.1, 0.15) is 0 Å². The van der Waals surface area contributed by atoms with Crippen molar-refractivity contribution in [2.75, 3.05) is 50.8 Å². The van der Waals surface area contributed by atoms with Crippen molar-refractivity contribution in [2.45, 2.75) is 19.9 Å². The lowest BCUT2D eigenvalue weighted by atomic mass is 10.2. The van der Waals surface area contributed by atoms with E-state index in [2.05, 4.69) is 16.7 Å². The van der Waals surface area contributed by atoms with E-state index in [4.69, 9.17) is 5.73 Å². The number of nitrogens with two attached hydrogens (primary N) is 1. The lowest BCUT2D eigenvalue weighted by Crippen LogP contribution is -2.52. The smallest absolute Gasteiger partial charge is 0.151 e. The summed E-state index contributed by atoms with van der Waals surface area (Å²) in [5.74, 6) is 0.535. The highest BCUT2D eigenvalue weighted by Crippen LogP contribution is 2.05. The molecule has 1 rings (SSSR count). The molecule has 1 aliphatic rings. The van der Waals surface area contributed by atoms with Crippen molar-refractivity contribution < 1.29 is 8.42 Å². The Bertz CT molecular complexity index is 311. The van der Waals surface area contributed by atoms with Crippen LogP contribution in [-0.2, 0) is 9.84 Å². The molecule has 0 aromatic heterocycles. The fraction of sp³-hybridized carbons (Fsp3) is 1.00. The molecule has 1 fully saturated rings. The third kappa shape index (κ3) is 4.91. The average molecular weight is 263 g/mol. The van der Waals surface area contributed by atoms with Crippen molar-refractivity contribution in [3.05, 3.63) is 0 Å². The molecule has 0 aromatic carbocycles. The Hall–Kier alpha value is -0.170. The van der Waals surface area contributed by atoms with Crippen molar-refractivity contribution in [3.63, 3.8) is 0 Å². The Labute approximate surface area is 105 Å². The normalized spacial score (nSPS) is 21.6. The maximum Gasteiger partial charge on any atom is 0.151 e. The van der Waals surface area contributed by atoms with Gasteiger partial charge in [0.25, 0.3) is 0 Å². The van der Waals surface area contributed by atoms with Gasteiger partial charge in [-0.3, -0.25) is 9.80 Å². The van der Waals surface area contributed by atoms with E-state index in [1.165, 1.54) is 0 Å². The molecule has 0 spiro atoms. The van der Waals surface area contributed by atoms with E-state index in [0.29, 0.717) is 19.1 Å².